The van der Waals surface area contributed by atoms with Crippen LogP contribution in [-0.2, 0) is 19.3 Å². The van der Waals surface area contributed by atoms with E-state index in [9.17, 15) is 8.78 Å². The van der Waals surface area contributed by atoms with Gasteiger partial charge in [-0.1, -0.05) is 80.4 Å². The maximum absolute atomic E-state index is 15.2. The molecule has 0 aliphatic rings. The quantitative estimate of drug-likeness (QED) is 0.214. The van der Waals surface area contributed by atoms with Crippen molar-refractivity contribution in [3.05, 3.63) is 101 Å². The first-order valence-corrected chi connectivity index (χ1v) is 11.9. The van der Waals surface area contributed by atoms with Crippen molar-refractivity contribution in [2.75, 3.05) is 0 Å². The van der Waals surface area contributed by atoms with Gasteiger partial charge in [0.1, 0.15) is 11.6 Å². The standard InChI is InChI=1S/C30H29F3O/c1-2-3-4-5-21-6-11-23(12-7-21)25-16-19-28-26(20-25)15-14-24(29(28)31)13-8-22-9-17-27(18-10-22)34-30(32)33/h6-7,9-12,14-20,30H,2-5,8,13H2,1H3. The number of fused-ring (bicyclic) bond motifs is 1. The van der Waals surface area contributed by atoms with E-state index in [1.165, 1.54) is 37.0 Å². The maximum Gasteiger partial charge on any atom is 0.387 e. The molecule has 0 N–H and O–H groups in total. The van der Waals surface area contributed by atoms with Crippen molar-refractivity contribution < 1.29 is 17.9 Å². The molecule has 176 valence electrons. The van der Waals surface area contributed by atoms with Crippen LogP contribution >= 0.6 is 0 Å². The summed E-state index contributed by atoms with van der Waals surface area (Å²) in [5, 5.41) is 1.48. The fraction of sp³-hybridized carbons (Fsp3) is 0.267. The molecule has 4 aromatic rings. The van der Waals surface area contributed by atoms with Crippen molar-refractivity contribution in [2.45, 2.75) is 52.1 Å². The Kier molecular flexibility index (Phi) is 7.89. The first-order valence-electron chi connectivity index (χ1n) is 11.9. The lowest BCUT2D eigenvalue weighted by molar-refractivity contribution is -0.0498. The zero-order chi connectivity index (χ0) is 23.9. The summed E-state index contributed by atoms with van der Waals surface area (Å²) in [5.74, 6) is -0.0782. The highest BCUT2D eigenvalue weighted by molar-refractivity contribution is 5.88. The largest absolute Gasteiger partial charge is 0.435 e. The topological polar surface area (TPSA) is 9.23 Å². The molecule has 4 aromatic carbocycles. The molecule has 0 aromatic heterocycles. The van der Waals surface area contributed by atoms with Crippen LogP contribution in [0, 0.1) is 5.82 Å². The van der Waals surface area contributed by atoms with E-state index in [2.05, 4.69) is 35.9 Å². The van der Waals surface area contributed by atoms with Gasteiger partial charge in [-0.25, -0.2) is 4.39 Å². The molecule has 0 aliphatic carbocycles. The Morgan fingerprint density at radius 3 is 2.09 bits per heavy atom. The molecule has 4 heteroatoms. The average Bonchev–Trinajstić information content (AvgIpc) is 2.85. The van der Waals surface area contributed by atoms with Crippen LogP contribution in [-0.4, -0.2) is 6.61 Å². The molecular weight excluding hydrogens is 433 g/mol. The van der Waals surface area contributed by atoms with Crippen LogP contribution in [0.3, 0.4) is 0 Å². The molecular formula is C30H29F3O. The van der Waals surface area contributed by atoms with Gasteiger partial charge >= 0.3 is 6.61 Å². The molecule has 0 aliphatic heterocycles. The van der Waals surface area contributed by atoms with Gasteiger partial charge in [0.25, 0.3) is 0 Å². The van der Waals surface area contributed by atoms with Crippen LogP contribution in [0.15, 0.2) is 78.9 Å². The highest BCUT2D eigenvalue weighted by Gasteiger charge is 2.10. The molecule has 0 unspecified atom stereocenters. The maximum atomic E-state index is 15.2. The third kappa shape index (κ3) is 5.99. The number of halogens is 3. The summed E-state index contributed by atoms with van der Waals surface area (Å²) in [4.78, 5) is 0. The molecule has 0 radical (unpaired) electrons. The number of ether oxygens (including phenoxy) is 1. The fourth-order valence-corrected chi connectivity index (χ4v) is 4.27. The van der Waals surface area contributed by atoms with Crippen LogP contribution in [0.25, 0.3) is 21.9 Å². The van der Waals surface area contributed by atoms with E-state index < -0.39 is 6.61 Å². The van der Waals surface area contributed by atoms with Gasteiger partial charge in [-0.15, -0.1) is 0 Å². The van der Waals surface area contributed by atoms with E-state index in [-0.39, 0.29) is 11.6 Å². The van der Waals surface area contributed by atoms with Crippen molar-refractivity contribution >= 4 is 10.8 Å². The van der Waals surface area contributed by atoms with E-state index in [1.807, 2.05) is 30.3 Å². The second kappa shape index (κ2) is 11.2. The Labute approximate surface area is 199 Å². The minimum atomic E-state index is -2.84. The van der Waals surface area contributed by atoms with Gasteiger partial charge in [0.15, 0.2) is 0 Å². The molecule has 0 amide bonds. The number of aryl methyl sites for hydroxylation is 3. The van der Waals surface area contributed by atoms with Crippen LogP contribution in [0.2, 0.25) is 0 Å². The summed E-state index contributed by atoms with van der Waals surface area (Å²) < 4.78 is 44.2. The van der Waals surface area contributed by atoms with Crippen molar-refractivity contribution in [2.24, 2.45) is 0 Å². The molecule has 0 spiro atoms. The van der Waals surface area contributed by atoms with Crippen LogP contribution in [0.1, 0.15) is 42.9 Å². The first-order chi connectivity index (χ1) is 16.5. The van der Waals surface area contributed by atoms with Gasteiger partial charge in [0.2, 0.25) is 0 Å². The van der Waals surface area contributed by atoms with E-state index in [1.54, 1.807) is 12.1 Å². The van der Waals surface area contributed by atoms with Gasteiger partial charge < -0.3 is 4.74 Å². The number of rotatable bonds is 10. The predicted molar refractivity (Wildman–Crippen MR) is 133 cm³/mol. The number of unbranched alkanes of at least 4 members (excludes halogenated alkanes) is 2. The molecule has 34 heavy (non-hydrogen) atoms. The highest BCUT2D eigenvalue weighted by Crippen LogP contribution is 2.28. The second-order valence-corrected chi connectivity index (χ2v) is 8.65. The van der Waals surface area contributed by atoms with E-state index in [0.717, 1.165) is 28.5 Å². The molecule has 0 saturated heterocycles. The zero-order valence-corrected chi connectivity index (χ0v) is 19.4. The smallest absolute Gasteiger partial charge is 0.387 e. The molecule has 0 fully saturated rings. The lowest BCUT2D eigenvalue weighted by Gasteiger charge is -2.10. The second-order valence-electron chi connectivity index (χ2n) is 8.65. The average molecular weight is 463 g/mol. The van der Waals surface area contributed by atoms with Crippen LogP contribution < -0.4 is 4.74 Å². The molecule has 0 atom stereocenters. The van der Waals surface area contributed by atoms with Crippen LogP contribution in [0.4, 0.5) is 13.2 Å². The summed E-state index contributed by atoms with van der Waals surface area (Å²) in [6, 6.07) is 24.8. The lowest BCUT2D eigenvalue weighted by atomic mass is 9.96. The minimum absolute atomic E-state index is 0.123. The Hall–Kier alpha value is -3.27. The van der Waals surface area contributed by atoms with Gasteiger partial charge in [0, 0.05) is 5.39 Å². The Morgan fingerprint density at radius 1 is 0.706 bits per heavy atom. The SMILES string of the molecule is CCCCCc1ccc(-c2ccc3c(F)c(CCc4ccc(OC(F)F)cc4)ccc3c2)cc1. The van der Waals surface area contributed by atoms with E-state index >= 15 is 4.39 Å². The van der Waals surface area contributed by atoms with Crippen molar-refractivity contribution in [1.82, 2.24) is 0 Å². The Bertz CT molecular complexity index is 1210. The third-order valence-electron chi connectivity index (χ3n) is 6.22. The summed E-state index contributed by atoms with van der Waals surface area (Å²) in [7, 11) is 0. The molecule has 1 nitrogen and oxygen atoms in total. The summed E-state index contributed by atoms with van der Waals surface area (Å²) in [6.07, 6.45) is 5.93. The summed E-state index contributed by atoms with van der Waals surface area (Å²) in [6.45, 7) is -0.628. The first kappa shape index (κ1) is 23.9. The number of benzene rings is 4. The number of hydrogen-bond acceptors (Lipinski definition) is 1. The molecule has 0 bridgehead atoms. The molecule has 0 heterocycles. The number of hydrogen-bond donors (Lipinski definition) is 0. The zero-order valence-electron chi connectivity index (χ0n) is 19.4. The predicted octanol–water partition coefficient (Wildman–Crippen LogP) is 8.77. The molecule has 0 saturated carbocycles. The van der Waals surface area contributed by atoms with Gasteiger partial charge in [-0.3, -0.25) is 0 Å². The minimum Gasteiger partial charge on any atom is -0.435 e. The van der Waals surface area contributed by atoms with Gasteiger partial charge in [-0.05, 0) is 77.1 Å². The van der Waals surface area contributed by atoms with E-state index in [4.69, 9.17) is 0 Å². The van der Waals surface area contributed by atoms with Crippen molar-refractivity contribution in [1.29, 1.82) is 0 Å². The van der Waals surface area contributed by atoms with Crippen molar-refractivity contribution in [3.63, 3.8) is 0 Å². The van der Waals surface area contributed by atoms with Crippen LogP contribution in [0.5, 0.6) is 5.75 Å². The Balaban J connectivity index is 1.45. The molecule has 4 rings (SSSR count). The van der Waals surface area contributed by atoms with Gasteiger partial charge in [0.05, 0.1) is 0 Å². The van der Waals surface area contributed by atoms with Gasteiger partial charge in [-0.2, -0.15) is 8.78 Å². The summed E-state index contributed by atoms with van der Waals surface area (Å²) in [5.41, 5.74) is 5.14. The van der Waals surface area contributed by atoms with Crippen molar-refractivity contribution in [3.8, 4) is 16.9 Å². The lowest BCUT2D eigenvalue weighted by Crippen LogP contribution is -2.02. The fourth-order valence-electron chi connectivity index (χ4n) is 4.27. The number of alkyl halides is 2. The monoisotopic (exact) mass is 462 g/mol. The Morgan fingerprint density at radius 2 is 1.38 bits per heavy atom. The third-order valence-corrected chi connectivity index (χ3v) is 6.22. The highest BCUT2D eigenvalue weighted by atomic mass is 19.3. The van der Waals surface area contributed by atoms with E-state index in [0.29, 0.717) is 23.8 Å². The summed E-state index contributed by atoms with van der Waals surface area (Å²) >= 11 is 0. The normalized spacial score (nSPS) is 11.3.